The molecule has 0 bridgehead atoms. The number of likely N-dealkylation sites (N-methyl/N-ethyl adjacent to an activating group) is 1. The van der Waals surface area contributed by atoms with Crippen molar-refractivity contribution in [3.8, 4) is 0 Å². The molecule has 0 aliphatic heterocycles. The van der Waals surface area contributed by atoms with Crippen molar-refractivity contribution in [1.29, 1.82) is 0 Å². The lowest BCUT2D eigenvalue weighted by Gasteiger charge is -2.23. The molecule has 0 aromatic rings. The summed E-state index contributed by atoms with van der Waals surface area (Å²) < 4.78 is 24.0. The molecule has 0 fully saturated rings. The van der Waals surface area contributed by atoms with Crippen LogP contribution in [0, 0.1) is 0 Å². The zero-order valence-corrected chi connectivity index (χ0v) is 11.7. The Labute approximate surface area is 102 Å². The van der Waals surface area contributed by atoms with Crippen LogP contribution in [0.3, 0.4) is 0 Å². The van der Waals surface area contributed by atoms with Crippen LogP contribution in [0.25, 0.3) is 0 Å². The Morgan fingerprint density at radius 3 is 2.25 bits per heavy atom. The number of carbonyl (C=O) groups is 1. The molecule has 96 valence electrons. The highest BCUT2D eigenvalue weighted by Gasteiger charge is 2.21. The third-order valence-electron chi connectivity index (χ3n) is 1.69. The van der Waals surface area contributed by atoms with E-state index >= 15 is 0 Å². The van der Waals surface area contributed by atoms with Crippen LogP contribution in [-0.4, -0.2) is 49.4 Å². The number of nitrogens with zero attached hydrogens (tertiary/aromatic N) is 1. The maximum absolute atomic E-state index is 11.5. The van der Waals surface area contributed by atoms with Gasteiger partial charge in [0.15, 0.2) is 0 Å². The van der Waals surface area contributed by atoms with E-state index in [1.807, 2.05) is 20.8 Å². The van der Waals surface area contributed by atoms with Gasteiger partial charge in [-0.1, -0.05) is 0 Å². The molecule has 0 saturated heterocycles. The number of hydrogen-bond donors (Lipinski definition) is 1. The number of sulfonamides is 1. The molecule has 1 amide bonds. The summed E-state index contributed by atoms with van der Waals surface area (Å²) in [7, 11) is -2.06. The number of carbonyl (C=O) groups excluding carboxylic acids is 1. The summed E-state index contributed by atoms with van der Waals surface area (Å²) >= 11 is 5.37. The van der Waals surface area contributed by atoms with E-state index in [-0.39, 0.29) is 29.6 Å². The summed E-state index contributed by atoms with van der Waals surface area (Å²) in [6.45, 7) is 5.31. The van der Waals surface area contributed by atoms with Gasteiger partial charge in [0, 0.05) is 18.5 Å². The molecule has 5 nitrogen and oxygen atoms in total. The molecule has 7 heteroatoms. The molecule has 0 aromatic carbocycles. The van der Waals surface area contributed by atoms with E-state index in [1.165, 1.54) is 7.05 Å². The smallest absolute Gasteiger partial charge is 0.235 e. The Morgan fingerprint density at radius 2 is 1.88 bits per heavy atom. The average molecular weight is 271 g/mol. The summed E-state index contributed by atoms with van der Waals surface area (Å²) in [6, 6.07) is 0. The van der Waals surface area contributed by atoms with Crippen molar-refractivity contribution >= 4 is 27.5 Å². The van der Waals surface area contributed by atoms with Gasteiger partial charge >= 0.3 is 0 Å². The number of alkyl halides is 1. The van der Waals surface area contributed by atoms with Gasteiger partial charge in [0.1, 0.15) is 0 Å². The minimum atomic E-state index is -3.42. The molecule has 0 unspecified atom stereocenters. The van der Waals surface area contributed by atoms with Crippen molar-refractivity contribution in [3.05, 3.63) is 0 Å². The predicted molar refractivity (Wildman–Crippen MR) is 65.0 cm³/mol. The molecule has 1 N–H and O–H groups in total. The SMILES string of the molecule is CN(CC(=O)NC(C)(C)C)S(=O)(=O)CCCl. The Hall–Kier alpha value is -0.330. The van der Waals surface area contributed by atoms with Crippen molar-refractivity contribution in [2.75, 3.05) is 25.2 Å². The van der Waals surface area contributed by atoms with Gasteiger partial charge in [-0.3, -0.25) is 4.79 Å². The predicted octanol–water partition coefficient (Wildman–Crippen LogP) is 0.401. The molecule has 0 saturated carbocycles. The van der Waals surface area contributed by atoms with Gasteiger partial charge in [0.25, 0.3) is 0 Å². The molecule has 0 spiro atoms. The molecular weight excluding hydrogens is 252 g/mol. The Morgan fingerprint density at radius 1 is 1.38 bits per heavy atom. The summed E-state index contributed by atoms with van der Waals surface area (Å²) in [6.07, 6.45) is 0. The van der Waals surface area contributed by atoms with E-state index in [2.05, 4.69) is 5.32 Å². The van der Waals surface area contributed by atoms with E-state index < -0.39 is 10.0 Å². The quantitative estimate of drug-likeness (QED) is 0.736. The van der Waals surface area contributed by atoms with Gasteiger partial charge in [0.05, 0.1) is 12.3 Å². The van der Waals surface area contributed by atoms with Gasteiger partial charge in [-0.25, -0.2) is 8.42 Å². The van der Waals surface area contributed by atoms with Crippen molar-refractivity contribution in [1.82, 2.24) is 9.62 Å². The molecule has 16 heavy (non-hydrogen) atoms. The fraction of sp³-hybridized carbons (Fsp3) is 0.889. The Bertz CT molecular complexity index is 335. The van der Waals surface area contributed by atoms with Gasteiger partial charge in [-0.2, -0.15) is 4.31 Å². The molecule has 0 heterocycles. The van der Waals surface area contributed by atoms with E-state index in [1.54, 1.807) is 0 Å². The topological polar surface area (TPSA) is 66.5 Å². The first kappa shape index (κ1) is 15.7. The maximum atomic E-state index is 11.5. The Kier molecular flexibility index (Phi) is 5.72. The van der Waals surface area contributed by atoms with Crippen LogP contribution in [-0.2, 0) is 14.8 Å². The first-order valence-electron chi connectivity index (χ1n) is 4.89. The monoisotopic (exact) mass is 270 g/mol. The number of hydrogen-bond acceptors (Lipinski definition) is 3. The summed E-state index contributed by atoms with van der Waals surface area (Å²) in [5, 5.41) is 2.69. The van der Waals surface area contributed by atoms with E-state index in [9.17, 15) is 13.2 Å². The third kappa shape index (κ3) is 6.30. The van der Waals surface area contributed by atoms with Gasteiger partial charge in [0.2, 0.25) is 15.9 Å². The second-order valence-electron chi connectivity index (χ2n) is 4.56. The van der Waals surface area contributed by atoms with E-state index in [0.717, 1.165) is 4.31 Å². The Balaban J connectivity index is 4.36. The van der Waals surface area contributed by atoms with Crippen molar-refractivity contribution in [3.63, 3.8) is 0 Å². The van der Waals surface area contributed by atoms with Gasteiger partial charge in [-0.05, 0) is 20.8 Å². The minimum absolute atomic E-state index is 0.0214. The molecule has 0 aromatic heterocycles. The fourth-order valence-corrected chi connectivity index (χ4v) is 2.42. The lowest BCUT2D eigenvalue weighted by molar-refractivity contribution is -0.122. The van der Waals surface area contributed by atoms with Crippen LogP contribution in [0.15, 0.2) is 0 Å². The van der Waals surface area contributed by atoms with Crippen LogP contribution < -0.4 is 5.32 Å². The lowest BCUT2D eigenvalue weighted by atomic mass is 10.1. The minimum Gasteiger partial charge on any atom is -0.350 e. The fourth-order valence-electron chi connectivity index (χ4n) is 1.01. The molecule has 0 aliphatic carbocycles. The number of nitrogens with one attached hydrogen (secondary N) is 1. The number of rotatable bonds is 5. The van der Waals surface area contributed by atoms with Crippen molar-refractivity contribution in [2.24, 2.45) is 0 Å². The molecule has 0 atom stereocenters. The molecule has 0 aliphatic rings. The highest BCUT2D eigenvalue weighted by Crippen LogP contribution is 2.01. The molecular formula is C9H19ClN2O3S. The first-order chi connectivity index (χ1) is 7.08. The highest BCUT2D eigenvalue weighted by atomic mass is 35.5. The second-order valence-corrected chi connectivity index (χ2v) is 7.13. The maximum Gasteiger partial charge on any atom is 0.235 e. The van der Waals surface area contributed by atoms with E-state index in [0.29, 0.717) is 0 Å². The first-order valence-corrected chi connectivity index (χ1v) is 7.04. The van der Waals surface area contributed by atoms with Crippen molar-refractivity contribution < 1.29 is 13.2 Å². The zero-order chi connectivity index (χ0) is 13.0. The van der Waals surface area contributed by atoms with Crippen LogP contribution >= 0.6 is 11.6 Å². The van der Waals surface area contributed by atoms with Gasteiger partial charge < -0.3 is 5.32 Å². The molecule has 0 radical (unpaired) electrons. The number of amides is 1. The summed E-state index contributed by atoms with van der Waals surface area (Å²) in [5.74, 6) is -0.463. The van der Waals surface area contributed by atoms with Gasteiger partial charge in [-0.15, -0.1) is 11.6 Å². The van der Waals surface area contributed by atoms with Crippen molar-refractivity contribution in [2.45, 2.75) is 26.3 Å². The standard InChI is InChI=1S/C9H19ClN2O3S/c1-9(2,3)11-8(13)7-12(4)16(14,15)6-5-10/h5-7H2,1-4H3,(H,11,13). The third-order valence-corrected chi connectivity index (χ3v) is 3.90. The van der Waals surface area contributed by atoms with Crippen LogP contribution in [0.1, 0.15) is 20.8 Å². The highest BCUT2D eigenvalue weighted by molar-refractivity contribution is 7.89. The van der Waals surface area contributed by atoms with Crippen LogP contribution in [0.5, 0.6) is 0 Å². The average Bonchev–Trinajstić information content (AvgIpc) is 1.99. The van der Waals surface area contributed by atoms with Crippen LogP contribution in [0.2, 0.25) is 0 Å². The lowest BCUT2D eigenvalue weighted by Crippen LogP contribution is -2.46. The normalized spacial score (nSPS) is 12.9. The largest absolute Gasteiger partial charge is 0.350 e. The zero-order valence-electron chi connectivity index (χ0n) is 10.1. The summed E-state index contributed by atoms with van der Waals surface area (Å²) in [4.78, 5) is 11.5. The second kappa shape index (κ2) is 5.84. The van der Waals surface area contributed by atoms with Crippen LogP contribution in [0.4, 0.5) is 0 Å². The summed E-state index contributed by atoms with van der Waals surface area (Å²) in [5.41, 5.74) is -0.367. The molecule has 0 rings (SSSR count). The van der Waals surface area contributed by atoms with E-state index in [4.69, 9.17) is 11.6 Å². The number of halogens is 1.